The number of aliphatic hydroxyl groups excluding tert-OH is 1. The summed E-state index contributed by atoms with van der Waals surface area (Å²) in [6, 6.07) is 0. The van der Waals surface area contributed by atoms with Crippen molar-refractivity contribution in [3.05, 3.63) is 0 Å². The lowest BCUT2D eigenvalue weighted by atomic mass is 10.2. The Balaban J connectivity index is 0. The van der Waals surface area contributed by atoms with Crippen LogP contribution in [-0.4, -0.2) is 24.8 Å². The van der Waals surface area contributed by atoms with E-state index < -0.39 is 0 Å². The summed E-state index contributed by atoms with van der Waals surface area (Å²) >= 11 is 0. The van der Waals surface area contributed by atoms with Gasteiger partial charge in [0.2, 0.25) is 0 Å². The van der Waals surface area contributed by atoms with Crippen molar-refractivity contribution in [3.8, 4) is 0 Å². The quantitative estimate of drug-likeness (QED) is 0.648. The molecule has 0 unspecified atom stereocenters. The molecule has 0 radical (unpaired) electrons. The minimum Gasteiger partial charge on any atom is -0.395 e. The number of halogens is 1. The highest BCUT2D eigenvalue weighted by atomic mass is 79.9. The standard InChI is InChI=1S/C8H19NO.BrH/c1-2-3-4-5-6-9-7-8-10;/h9-10H,2-8H2,1H3;1H. The van der Waals surface area contributed by atoms with Crippen molar-refractivity contribution in [3.63, 3.8) is 0 Å². The average molecular weight is 226 g/mol. The SMILES string of the molecule is Br.CCCCCCNCCO. The highest BCUT2D eigenvalue weighted by molar-refractivity contribution is 8.93. The first-order valence-corrected chi connectivity index (χ1v) is 4.23. The van der Waals surface area contributed by atoms with Gasteiger partial charge in [-0.15, -0.1) is 17.0 Å². The zero-order valence-electron chi connectivity index (χ0n) is 7.31. The summed E-state index contributed by atoms with van der Waals surface area (Å²) in [7, 11) is 0. The lowest BCUT2D eigenvalue weighted by molar-refractivity contribution is 0.292. The zero-order chi connectivity index (χ0) is 7.66. The Bertz CT molecular complexity index is 54.1. The summed E-state index contributed by atoms with van der Waals surface area (Å²) in [5.74, 6) is 0. The minimum absolute atomic E-state index is 0. The van der Waals surface area contributed by atoms with Crippen molar-refractivity contribution in [2.45, 2.75) is 32.6 Å². The molecule has 0 bridgehead atoms. The molecule has 2 N–H and O–H groups in total. The van der Waals surface area contributed by atoms with Gasteiger partial charge < -0.3 is 10.4 Å². The predicted octanol–water partition coefficient (Wildman–Crippen LogP) is 1.73. The second-order valence-corrected chi connectivity index (χ2v) is 2.53. The Kier molecular flexibility index (Phi) is 16.5. The van der Waals surface area contributed by atoms with Crippen LogP contribution in [0.4, 0.5) is 0 Å². The average Bonchev–Trinajstić information content (AvgIpc) is 1.97. The summed E-state index contributed by atoms with van der Waals surface area (Å²) in [6.07, 6.45) is 5.18. The molecule has 0 aromatic carbocycles. The van der Waals surface area contributed by atoms with Gasteiger partial charge in [0.15, 0.2) is 0 Å². The van der Waals surface area contributed by atoms with Crippen molar-refractivity contribution in [1.29, 1.82) is 0 Å². The fourth-order valence-corrected chi connectivity index (χ4v) is 0.881. The fourth-order valence-electron chi connectivity index (χ4n) is 0.881. The van der Waals surface area contributed by atoms with Gasteiger partial charge in [0.1, 0.15) is 0 Å². The normalized spacial score (nSPS) is 9.27. The van der Waals surface area contributed by atoms with E-state index in [1.165, 1.54) is 25.7 Å². The van der Waals surface area contributed by atoms with Crippen LogP contribution in [0.25, 0.3) is 0 Å². The molecular formula is C8H20BrNO. The maximum Gasteiger partial charge on any atom is 0.0555 e. The molecule has 2 nitrogen and oxygen atoms in total. The van der Waals surface area contributed by atoms with E-state index in [0.29, 0.717) is 0 Å². The smallest absolute Gasteiger partial charge is 0.0555 e. The van der Waals surface area contributed by atoms with Crippen LogP contribution in [0.5, 0.6) is 0 Å². The Morgan fingerprint density at radius 2 is 1.82 bits per heavy atom. The topological polar surface area (TPSA) is 32.3 Å². The molecule has 0 aliphatic rings. The number of aliphatic hydroxyl groups is 1. The molecule has 70 valence electrons. The van der Waals surface area contributed by atoms with E-state index >= 15 is 0 Å². The molecular weight excluding hydrogens is 206 g/mol. The van der Waals surface area contributed by atoms with Gasteiger partial charge in [0.05, 0.1) is 6.61 Å². The Hall–Kier alpha value is 0.400. The molecule has 0 saturated heterocycles. The summed E-state index contributed by atoms with van der Waals surface area (Å²) in [5.41, 5.74) is 0. The van der Waals surface area contributed by atoms with Crippen LogP contribution >= 0.6 is 17.0 Å². The molecule has 0 aromatic heterocycles. The molecule has 0 spiro atoms. The van der Waals surface area contributed by atoms with Gasteiger partial charge in [-0.3, -0.25) is 0 Å². The molecule has 0 aromatic rings. The summed E-state index contributed by atoms with van der Waals surface area (Å²) in [4.78, 5) is 0. The summed E-state index contributed by atoms with van der Waals surface area (Å²) in [6.45, 7) is 4.27. The van der Waals surface area contributed by atoms with Crippen molar-refractivity contribution in [2.24, 2.45) is 0 Å². The van der Waals surface area contributed by atoms with Crippen molar-refractivity contribution < 1.29 is 5.11 Å². The molecule has 3 heteroatoms. The largest absolute Gasteiger partial charge is 0.395 e. The fraction of sp³-hybridized carbons (Fsp3) is 1.00. The number of unbranched alkanes of at least 4 members (excludes halogenated alkanes) is 3. The van der Waals surface area contributed by atoms with Gasteiger partial charge in [0, 0.05) is 6.54 Å². The molecule has 0 amide bonds. The molecule has 0 aliphatic heterocycles. The van der Waals surface area contributed by atoms with Crippen LogP contribution < -0.4 is 5.32 Å². The highest BCUT2D eigenvalue weighted by Crippen LogP contribution is 1.96. The van der Waals surface area contributed by atoms with Crippen molar-refractivity contribution >= 4 is 17.0 Å². The second-order valence-electron chi connectivity index (χ2n) is 2.53. The van der Waals surface area contributed by atoms with Crippen LogP contribution in [0.3, 0.4) is 0 Å². The molecule has 11 heavy (non-hydrogen) atoms. The highest BCUT2D eigenvalue weighted by Gasteiger charge is 1.86. The van der Waals surface area contributed by atoms with Crippen molar-refractivity contribution in [1.82, 2.24) is 5.32 Å². The summed E-state index contributed by atoms with van der Waals surface area (Å²) in [5, 5.41) is 11.6. The molecule has 0 saturated carbocycles. The van der Waals surface area contributed by atoms with Crippen molar-refractivity contribution in [2.75, 3.05) is 19.7 Å². The number of rotatable bonds is 7. The van der Waals surface area contributed by atoms with E-state index in [2.05, 4.69) is 12.2 Å². The van der Waals surface area contributed by atoms with E-state index in [4.69, 9.17) is 5.11 Å². The van der Waals surface area contributed by atoms with Gasteiger partial charge in [0.25, 0.3) is 0 Å². The maximum atomic E-state index is 8.41. The van der Waals surface area contributed by atoms with Crippen LogP contribution in [0.1, 0.15) is 32.6 Å². The first-order chi connectivity index (χ1) is 4.91. The van der Waals surface area contributed by atoms with E-state index in [1.54, 1.807) is 0 Å². The number of nitrogens with one attached hydrogen (secondary N) is 1. The molecule has 0 fully saturated rings. The maximum absolute atomic E-state index is 8.41. The second kappa shape index (κ2) is 13.0. The van der Waals surface area contributed by atoms with Gasteiger partial charge in [-0.25, -0.2) is 0 Å². The lowest BCUT2D eigenvalue weighted by Gasteiger charge is -2.00. The number of hydrogen-bond donors (Lipinski definition) is 2. The first-order valence-electron chi connectivity index (χ1n) is 4.23. The van der Waals surface area contributed by atoms with Crippen LogP contribution in [0.15, 0.2) is 0 Å². The third-order valence-electron chi connectivity index (χ3n) is 1.50. The van der Waals surface area contributed by atoms with E-state index in [9.17, 15) is 0 Å². The minimum atomic E-state index is 0. The predicted molar refractivity (Wildman–Crippen MR) is 54.4 cm³/mol. The Morgan fingerprint density at radius 3 is 2.36 bits per heavy atom. The third kappa shape index (κ3) is 13.4. The summed E-state index contributed by atoms with van der Waals surface area (Å²) < 4.78 is 0. The first kappa shape index (κ1) is 14.0. The van der Waals surface area contributed by atoms with Gasteiger partial charge >= 0.3 is 0 Å². The zero-order valence-corrected chi connectivity index (χ0v) is 9.02. The Labute approximate surface area is 80.2 Å². The van der Waals surface area contributed by atoms with E-state index in [-0.39, 0.29) is 23.6 Å². The van der Waals surface area contributed by atoms with Crippen LogP contribution in [-0.2, 0) is 0 Å². The van der Waals surface area contributed by atoms with Gasteiger partial charge in [-0.1, -0.05) is 26.2 Å². The van der Waals surface area contributed by atoms with E-state index in [1.807, 2.05) is 0 Å². The monoisotopic (exact) mass is 225 g/mol. The number of hydrogen-bond acceptors (Lipinski definition) is 2. The van der Waals surface area contributed by atoms with Crippen LogP contribution in [0.2, 0.25) is 0 Å². The molecule has 0 atom stereocenters. The lowest BCUT2D eigenvalue weighted by Crippen LogP contribution is -2.19. The van der Waals surface area contributed by atoms with Gasteiger partial charge in [-0.2, -0.15) is 0 Å². The Morgan fingerprint density at radius 1 is 1.09 bits per heavy atom. The van der Waals surface area contributed by atoms with E-state index in [0.717, 1.165) is 13.1 Å². The third-order valence-corrected chi connectivity index (χ3v) is 1.50. The van der Waals surface area contributed by atoms with Gasteiger partial charge in [-0.05, 0) is 13.0 Å². The van der Waals surface area contributed by atoms with Crippen LogP contribution in [0, 0.1) is 0 Å². The molecule has 0 aliphatic carbocycles. The molecule has 0 heterocycles. The molecule has 0 rings (SSSR count).